The lowest BCUT2D eigenvalue weighted by molar-refractivity contribution is 0.589. The van der Waals surface area contributed by atoms with Crippen molar-refractivity contribution in [2.24, 2.45) is 0 Å². The third-order valence-corrected chi connectivity index (χ3v) is 3.71. The van der Waals surface area contributed by atoms with Gasteiger partial charge in [-0.25, -0.2) is 0 Å². The summed E-state index contributed by atoms with van der Waals surface area (Å²) in [7, 11) is 3.14. The van der Waals surface area contributed by atoms with Crippen molar-refractivity contribution in [3.8, 4) is 5.75 Å². The molecule has 0 aliphatic carbocycles. The van der Waals surface area contributed by atoms with Crippen LogP contribution in [0.15, 0.2) is 6.07 Å². The normalized spacial score (nSPS) is 11.7. The summed E-state index contributed by atoms with van der Waals surface area (Å²) in [6.45, 7) is 13.2. The first-order chi connectivity index (χ1) is 8.31. The molecule has 18 heavy (non-hydrogen) atoms. The number of benzene rings is 1. The van der Waals surface area contributed by atoms with Crippen molar-refractivity contribution in [2.75, 3.05) is 0 Å². The Hall–Kier alpha value is -0.473. The fourth-order valence-corrected chi connectivity index (χ4v) is 3.03. The summed E-state index contributed by atoms with van der Waals surface area (Å²) in [6, 6.07) is 2.04. The lowest BCUT2D eigenvalue weighted by Gasteiger charge is -2.25. The highest BCUT2D eigenvalue weighted by atomic mass is 35.5. The Bertz CT molecular complexity index is 425. The van der Waals surface area contributed by atoms with Crippen LogP contribution in [-0.4, -0.2) is 10.5 Å². The Balaban J connectivity index is 3.69. The fourth-order valence-electron chi connectivity index (χ4n) is 2.49. The molecular formula is C15H22ClOSi. The van der Waals surface area contributed by atoms with Gasteiger partial charge in [-0.1, -0.05) is 53.1 Å². The maximum absolute atomic E-state index is 6.34. The zero-order valence-corrected chi connectivity index (χ0v) is 13.9. The van der Waals surface area contributed by atoms with Crippen molar-refractivity contribution >= 4 is 22.1 Å². The van der Waals surface area contributed by atoms with Gasteiger partial charge in [-0.15, -0.1) is 0 Å². The molecule has 0 heterocycles. The third kappa shape index (κ3) is 2.92. The molecule has 1 aromatic rings. The fraction of sp³-hybridized carbons (Fsp3) is 0.600. The van der Waals surface area contributed by atoms with Gasteiger partial charge in [-0.2, -0.15) is 0 Å². The van der Waals surface area contributed by atoms with Gasteiger partial charge in [-0.05, 0) is 34.9 Å². The minimum atomic E-state index is 0.380. The van der Waals surface area contributed by atoms with Crippen LogP contribution in [0.5, 0.6) is 5.75 Å². The summed E-state index contributed by atoms with van der Waals surface area (Å²) in [5.74, 6) is 2.06. The summed E-state index contributed by atoms with van der Waals surface area (Å²) >= 11 is 6.34. The van der Waals surface area contributed by atoms with Gasteiger partial charge < -0.3 is 4.43 Å². The molecule has 0 aliphatic heterocycles. The van der Waals surface area contributed by atoms with E-state index in [1.165, 1.54) is 16.7 Å². The van der Waals surface area contributed by atoms with E-state index in [0.717, 1.165) is 5.75 Å². The Kier molecular flexibility index (Phi) is 5.29. The van der Waals surface area contributed by atoms with Crippen LogP contribution in [0.4, 0.5) is 0 Å². The van der Waals surface area contributed by atoms with Crippen molar-refractivity contribution in [1.29, 1.82) is 0 Å². The van der Waals surface area contributed by atoms with Gasteiger partial charge in [0.15, 0.2) is 0 Å². The molecule has 0 aromatic heterocycles. The van der Waals surface area contributed by atoms with Crippen LogP contribution in [0.1, 0.15) is 76.0 Å². The Morgan fingerprint density at radius 3 is 1.78 bits per heavy atom. The van der Waals surface area contributed by atoms with E-state index in [2.05, 4.69) is 52.0 Å². The van der Waals surface area contributed by atoms with Gasteiger partial charge in [0.05, 0.1) is 5.02 Å². The maximum Gasteiger partial charge on any atom is 0.341 e. The maximum atomic E-state index is 6.34. The van der Waals surface area contributed by atoms with Crippen LogP contribution in [0.25, 0.3) is 0 Å². The molecule has 0 atom stereocenters. The van der Waals surface area contributed by atoms with Crippen LogP contribution in [0.2, 0.25) is 5.02 Å². The Labute approximate surface area is 119 Å². The summed E-state index contributed by atoms with van der Waals surface area (Å²) in [5.41, 5.74) is 3.92. The van der Waals surface area contributed by atoms with E-state index >= 15 is 0 Å². The highest BCUT2D eigenvalue weighted by Crippen LogP contribution is 2.43. The largest absolute Gasteiger partial charge is 0.539 e. The zero-order valence-electron chi connectivity index (χ0n) is 12.1. The van der Waals surface area contributed by atoms with E-state index in [9.17, 15) is 0 Å². The first-order valence-corrected chi connectivity index (χ1v) is 7.29. The summed E-state index contributed by atoms with van der Waals surface area (Å²) in [6.07, 6.45) is 0. The summed E-state index contributed by atoms with van der Waals surface area (Å²) in [4.78, 5) is 0. The minimum Gasteiger partial charge on any atom is -0.539 e. The van der Waals surface area contributed by atoms with Crippen molar-refractivity contribution in [2.45, 2.75) is 59.3 Å². The van der Waals surface area contributed by atoms with Crippen LogP contribution < -0.4 is 4.43 Å². The van der Waals surface area contributed by atoms with Crippen LogP contribution in [-0.2, 0) is 0 Å². The average molecular weight is 282 g/mol. The van der Waals surface area contributed by atoms with Gasteiger partial charge in [0.25, 0.3) is 0 Å². The van der Waals surface area contributed by atoms with Crippen LogP contribution in [0, 0.1) is 0 Å². The summed E-state index contributed by atoms with van der Waals surface area (Å²) in [5, 5.41) is 0.682. The predicted molar refractivity (Wildman–Crippen MR) is 80.1 cm³/mol. The molecule has 1 nitrogen and oxygen atoms in total. The molecule has 0 N–H and O–H groups in total. The highest BCUT2D eigenvalue weighted by molar-refractivity contribution is 6.32. The van der Waals surface area contributed by atoms with E-state index in [1.807, 2.05) is 6.07 Å². The van der Waals surface area contributed by atoms with Crippen molar-refractivity contribution in [3.63, 3.8) is 0 Å². The Morgan fingerprint density at radius 1 is 0.944 bits per heavy atom. The van der Waals surface area contributed by atoms with Crippen molar-refractivity contribution < 1.29 is 4.43 Å². The number of halogens is 1. The molecule has 0 spiro atoms. The van der Waals surface area contributed by atoms with E-state index in [-0.39, 0.29) is 0 Å². The number of rotatable bonds is 4. The second-order valence-electron chi connectivity index (χ2n) is 5.67. The molecule has 0 saturated heterocycles. The molecule has 0 aliphatic rings. The molecule has 1 aromatic carbocycles. The van der Waals surface area contributed by atoms with Crippen molar-refractivity contribution in [3.05, 3.63) is 27.8 Å². The quantitative estimate of drug-likeness (QED) is 0.692. The van der Waals surface area contributed by atoms with Gasteiger partial charge in [0.2, 0.25) is 0 Å². The van der Waals surface area contributed by atoms with Gasteiger partial charge in [0, 0.05) is 5.56 Å². The molecule has 0 unspecified atom stereocenters. The molecule has 0 amide bonds. The van der Waals surface area contributed by atoms with Crippen LogP contribution in [0.3, 0.4) is 0 Å². The monoisotopic (exact) mass is 281 g/mol. The first kappa shape index (κ1) is 15.6. The van der Waals surface area contributed by atoms with Gasteiger partial charge >= 0.3 is 10.5 Å². The topological polar surface area (TPSA) is 9.23 Å². The number of hydrogen-bond acceptors (Lipinski definition) is 1. The van der Waals surface area contributed by atoms with Crippen LogP contribution >= 0.6 is 11.6 Å². The third-order valence-electron chi connectivity index (χ3n) is 3.22. The Morgan fingerprint density at radius 2 is 1.44 bits per heavy atom. The zero-order chi connectivity index (χ0) is 14.0. The van der Waals surface area contributed by atoms with Crippen molar-refractivity contribution in [1.82, 2.24) is 0 Å². The first-order valence-electron chi connectivity index (χ1n) is 6.50. The molecule has 99 valence electrons. The van der Waals surface area contributed by atoms with E-state index in [4.69, 9.17) is 16.0 Å². The highest BCUT2D eigenvalue weighted by Gasteiger charge is 2.23. The standard InChI is InChI=1S/C15H22ClOSi/c1-8(2)11-7-12(16)15(17-18)14(10(5)6)13(11)9(3)4/h7-10H,1-6H3. The van der Waals surface area contributed by atoms with Gasteiger partial charge in [-0.3, -0.25) is 0 Å². The lowest BCUT2D eigenvalue weighted by atomic mass is 9.83. The van der Waals surface area contributed by atoms with E-state index in [0.29, 0.717) is 22.8 Å². The molecular weight excluding hydrogens is 260 g/mol. The average Bonchev–Trinajstić information content (AvgIpc) is 2.26. The second-order valence-corrected chi connectivity index (χ2v) is 6.28. The molecule has 0 bridgehead atoms. The van der Waals surface area contributed by atoms with E-state index in [1.54, 1.807) is 0 Å². The minimum absolute atomic E-state index is 0.380. The number of hydrogen-bond donors (Lipinski definition) is 0. The van der Waals surface area contributed by atoms with E-state index < -0.39 is 0 Å². The summed E-state index contributed by atoms with van der Waals surface area (Å²) < 4.78 is 5.34. The molecule has 1 rings (SSSR count). The SMILES string of the molecule is CC(C)c1cc(Cl)c(O[Si])c(C(C)C)c1C(C)C. The molecule has 3 radical (unpaired) electrons. The lowest BCUT2D eigenvalue weighted by Crippen LogP contribution is -2.08. The molecule has 0 fully saturated rings. The second kappa shape index (κ2) is 6.11. The molecule has 0 saturated carbocycles. The predicted octanol–water partition coefficient (Wildman–Crippen LogP) is 5.17. The van der Waals surface area contributed by atoms with Gasteiger partial charge in [0.1, 0.15) is 5.75 Å². The molecule has 3 heteroatoms. The smallest absolute Gasteiger partial charge is 0.341 e.